The number of benzene rings is 2. The zero-order chi connectivity index (χ0) is 14.7. The molecule has 1 heterocycles. The first-order chi connectivity index (χ1) is 10.3. The summed E-state index contributed by atoms with van der Waals surface area (Å²) in [5.41, 5.74) is 1.96. The van der Waals surface area contributed by atoms with Gasteiger partial charge in [-0.25, -0.2) is 0 Å². The Labute approximate surface area is 124 Å². The van der Waals surface area contributed by atoms with Gasteiger partial charge in [0.2, 0.25) is 0 Å². The normalized spacial score (nSPS) is 14.2. The molecule has 2 atom stereocenters. The maximum Gasteiger partial charge on any atom is 0.134 e. The van der Waals surface area contributed by atoms with Gasteiger partial charge in [0.1, 0.15) is 11.3 Å². The molecule has 3 heteroatoms. The third kappa shape index (κ3) is 2.99. The number of fused-ring (bicyclic) bond motifs is 1. The lowest BCUT2D eigenvalue weighted by Gasteiger charge is -2.20. The molecule has 0 aliphatic carbocycles. The Morgan fingerprint density at radius 3 is 2.48 bits per heavy atom. The van der Waals surface area contributed by atoms with E-state index >= 15 is 0 Å². The third-order valence-electron chi connectivity index (χ3n) is 3.71. The van der Waals surface area contributed by atoms with Crippen molar-refractivity contribution in [1.82, 2.24) is 5.32 Å². The fourth-order valence-corrected chi connectivity index (χ4v) is 2.54. The molecule has 2 unspecified atom stereocenters. The van der Waals surface area contributed by atoms with E-state index in [4.69, 9.17) is 4.42 Å². The Morgan fingerprint density at radius 1 is 1.05 bits per heavy atom. The largest absolute Gasteiger partial charge is 0.459 e. The summed E-state index contributed by atoms with van der Waals surface area (Å²) in [6.45, 7) is 2.10. The molecule has 0 radical (unpaired) electrons. The van der Waals surface area contributed by atoms with Crippen molar-refractivity contribution in [2.45, 2.75) is 19.0 Å². The van der Waals surface area contributed by atoms with E-state index in [0.29, 0.717) is 0 Å². The zero-order valence-corrected chi connectivity index (χ0v) is 12.0. The van der Waals surface area contributed by atoms with E-state index in [1.54, 1.807) is 0 Å². The second-order valence-electron chi connectivity index (χ2n) is 5.22. The van der Waals surface area contributed by atoms with Crippen molar-refractivity contribution < 1.29 is 9.52 Å². The predicted molar refractivity (Wildman–Crippen MR) is 84.0 cm³/mol. The number of hydrogen-bond donors (Lipinski definition) is 2. The van der Waals surface area contributed by atoms with Gasteiger partial charge in [0, 0.05) is 5.39 Å². The van der Waals surface area contributed by atoms with Gasteiger partial charge in [-0.3, -0.25) is 5.32 Å². The van der Waals surface area contributed by atoms with Crippen LogP contribution in [0.5, 0.6) is 0 Å². The first-order valence-corrected chi connectivity index (χ1v) is 7.18. The number of aliphatic hydroxyl groups is 1. The van der Waals surface area contributed by atoms with Crippen molar-refractivity contribution in [3.05, 3.63) is 72.0 Å². The molecule has 0 aliphatic heterocycles. The summed E-state index contributed by atoms with van der Waals surface area (Å²) < 4.78 is 5.87. The Kier molecular flexibility index (Phi) is 4.04. The topological polar surface area (TPSA) is 45.4 Å². The maximum atomic E-state index is 9.62. The highest BCUT2D eigenvalue weighted by molar-refractivity contribution is 5.77. The number of rotatable bonds is 5. The molecule has 21 heavy (non-hydrogen) atoms. The quantitative estimate of drug-likeness (QED) is 0.747. The lowest BCUT2D eigenvalue weighted by molar-refractivity contribution is 0.231. The summed E-state index contributed by atoms with van der Waals surface area (Å²) in [4.78, 5) is 0. The van der Waals surface area contributed by atoms with Crippen molar-refractivity contribution in [3.8, 4) is 0 Å². The number of aliphatic hydroxyl groups excluding tert-OH is 1. The second kappa shape index (κ2) is 6.12. The van der Waals surface area contributed by atoms with Crippen LogP contribution in [-0.2, 0) is 0 Å². The van der Waals surface area contributed by atoms with E-state index in [-0.39, 0.29) is 18.7 Å². The Morgan fingerprint density at radius 2 is 1.76 bits per heavy atom. The van der Waals surface area contributed by atoms with Crippen molar-refractivity contribution in [1.29, 1.82) is 0 Å². The third-order valence-corrected chi connectivity index (χ3v) is 3.71. The Bertz CT molecular complexity index is 672. The minimum absolute atomic E-state index is 0.0229. The molecule has 2 aromatic carbocycles. The molecular weight excluding hydrogens is 262 g/mol. The number of furan rings is 1. The minimum atomic E-state index is -0.102. The van der Waals surface area contributed by atoms with Crippen LogP contribution >= 0.6 is 0 Å². The summed E-state index contributed by atoms with van der Waals surface area (Å²) in [5.74, 6) is 0.880. The van der Waals surface area contributed by atoms with Crippen molar-refractivity contribution in [3.63, 3.8) is 0 Å². The number of para-hydroxylation sites is 1. The average molecular weight is 281 g/mol. The highest BCUT2D eigenvalue weighted by Crippen LogP contribution is 2.25. The molecule has 108 valence electrons. The van der Waals surface area contributed by atoms with Crippen LogP contribution in [0.15, 0.2) is 65.1 Å². The first-order valence-electron chi connectivity index (χ1n) is 7.18. The molecule has 0 saturated carbocycles. The standard InChI is InChI=1S/C18H19NO2/c1-13(18-11-15-9-5-6-10-17(15)21-18)19-16(12-20)14-7-3-2-4-8-14/h2-11,13,16,19-20H,12H2,1H3. The van der Waals surface area contributed by atoms with E-state index in [2.05, 4.69) is 5.32 Å². The van der Waals surface area contributed by atoms with Gasteiger partial charge >= 0.3 is 0 Å². The highest BCUT2D eigenvalue weighted by Gasteiger charge is 2.17. The second-order valence-corrected chi connectivity index (χ2v) is 5.22. The number of hydrogen-bond acceptors (Lipinski definition) is 3. The van der Waals surface area contributed by atoms with Crippen LogP contribution in [0.2, 0.25) is 0 Å². The van der Waals surface area contributed by atoms with Gasteiger partial charge in [-0.1, -0.05) is 48.5 Å². The summed E-state index contributed by atoms with van der Waals surface area (Å²) in [7, 11) is 0. The van der Waals surface area contributed by atoms with E-state index in [1.165, 1.54) is 0 Å². The Hall–Kier alpha value is -2.10. The molecule has 0 aliphatic rings. The lowest BCUT2D eigenvalue weighted by atomic mass is 10.1. The van der Waals surface area contributed by atoms with Crippen LogP contribution in [0, 0.1) is 0 Å². The van der Waals surface area contributed by atoms with Gasteiger partial charge < -0.3 is 9.52 Å². The molecule has 0 spiro atoms. The molecule has 0 saturated heterocycles. The molecule has 0 amide bonds. The smallest absolute Gasteiger partial charge is 0.134 e. The van der Waals surface area contributed by atoms with Gasteiger partial charge in [0.05, 0.1) is 18.7 Å². The van der Waals surface area contributed by atoms with Crippen molar-refractivity contribution >= 4 is 11.0 Å². The van der Waals surface area contributed by atoms with Crippen LogP contribution < -0.4 is 5.32 Å². The SMILES string of the molecule is CC(NC(CO)c1ccccc1)c1cc2ccccc2o1. The van der Waals surface area contributed by atoms with Crippen LogP contribution in [-0.4, -0.2) is 11.7 Å². The predicted octanol–water partition coefficient (Wildman–Crippen LogP) is 3.82. The van der Waals surface area contributed by atoms with Crippen LogP contribution in [0.1, 0.15) is 30.3 Å². The molecule has 0 bridgehead atoms. The molecule has 3 aromatic rings. The van der Waals surface area contributed by atoms with E-state index in [1.807, 2.05) is 67.6 Å². The van der Waals surface area contributed by atoms with E-state index < -0.39 is 0 Å². The van der Waals surface area contributed by atoms with E-state index in [0.717, 1.165) is 22.3 Å². The molecule has 0 fully saturated rings. The summed E-state index contributed by atoms with van der Waals surface area (Å²) in [5, 5.41) is 14.1. The zero-order valence-electron chi connectivity index (χ0n) is 12.0. The average Bonchev–Trinajstić information content (AvgIpc) is 2.97. The fourth-order valence-electron chi connectivity index (χ4n) is 2.54. The molecule has 1 aromatic heterocycles. The van der Waals surface area contributed by atoms with Crippen LogP contribution in [0.4, 0.5) is 0 Å². The van der Waals surface area contributed by atoms with Gasteiger partial charge in [0.25, 0.3) is 0 Å². The molecule has 2 N–H and O–H groups in total. The van der Waals surface area contributed by atoms with E-state index in [9.17, 15) is 5.11 Å². The summed E-state index contributed by atoms with van der Waals surface area (Å²) in [6.07, 6.45) is 0. The maximum absolute atomic E-state index is 9.62. The van der Waals surface area contributed by atoms with Crippen LogP contribution in [0.25, 0.3) is 11.0 Å². The molecule has 3 rings (SSSR count). The molecular formula is C18H19NO2. The summed E-state index contributed by atoms with van der Waals surface area (Å²) >= 11 is 0. The van der Waals surface area contributed by atoms with Gasteiger partial charge in [-0.2, -0.15) is 0 Å². The molecule has 3 nitrogen and oxygen atoms in total. The minimum Gasteiger partial charge on any atom is -0.459 e. The van der Waals surface area contributed by atoms with Crippen LogP contribution in [0.3, 0.4) is 0 Å². The number of nitrogens with one attached hydrogen (secondary N) is 1. The van der Waals surface area contributed by atoms with Crippen molar-refractivity contribution in [2.24, 2.45) is 0 Å². The summed E-state index contributed by atoms with van der Waals surface area (Å²) in [6, 6.07) is 19.9. The van der Waals surface area contributed by atoms with Gasteiger partial charge in [-0.05, 0) is 24.6 Å². The lowest BCUT2D eigenvalue weighted by Crippen LogP contribution is -2.27. The highest BCUT2D eigenvalue weighted by atomic mass is 16.3. The van der Waals surface area contributed by atoms with Crippen molar-refractivity contribution in [2.75, 3.05) is 6.61 Å². The van der Waals surface area contributed by atoms with Gasteiger partial charge in [-0.15, -0.1) is 0 Å². The monoisotopic (exact) mass is 281 g/mol. The van der Waals surface area contributed by atoms with Gasteiger partial charge in [0.15, 0.2) is 0 Å². The fraction of sp³-hybridized carbons (Fsp3) is 0.222. The first kappa shape index (κ1) is 13.9. The Balaban J connectivity index is 1.79.